The maximum Gasteiger partial charge on any atom is 0.231 e. The number of halogens is 1. The number of nitrogens with one attached hydrogen (secondary N) is 1. The zero-order valence-electron chi connectivity index (χ0n) is 15.4. The topological polar surface area (TPSA) is 82.5 Å². The number of Topliss-reactive ketones (excluding diaryl/α,β-unsaturated/α-hetero) is 1. The van der Waals surface area contributed by atoms with E-state index in [1.54, 1.807) is 37.3 Å². The number of anilines is 1. The van der Waals surface area contributed by atoms with Crippen LogP contribution >= 0.6 is 0 Å². The predicted octanol–water partition coefficient (Wildman–Crippen LogP) is 3.36. The summed E-state index contributed by atoms with van der Waals surface area (Å²) in [6.07, 6.45) is 0.00988. The van der Waals surface area contributed by atoms with Gasteiger partial charge < -0.3 is 14.8 Å². The molecule has 146 valence electrons. The van der Waals surface area contributed by atoms with E-state index in [0.29, 0.717) is 39.8 Å². The molecule has 0 radical (unpaired) electrons. The average molecular weight is 393 g/mol. The van der Waals surface area contributed by atoms with Gasteiger partial charge in [-0.15, -0.1) is 0 Å². The van der Waals surface area contributed by atoms with E-state index in [0.717, 1.165) is 0 Å². The summed E-state index contributed by atoms with van der Waals surface area (Å²) in [5.74, 6) is -0.137. The van der Waals surface area contributed by atoms with E-state index in [2.05, 4.69) is 10.4 Å². The fraction of sp³-hybridized carbons (Fsp3) is 0.190. The maximum atomic E-state index is 13.7. The van der Waals surface area contributed by atoms with Crippen LogP contribution in [0.2, 0.25) is 0 Å². The zero-order valence-corrected chi connectivity index (χ0v) is 15.4. The van der Waals surface area contributed by atoms with Gasteiger partial charge in [0.25, 0.3) is 0 Å². The molecule has 0 spiro atoms. The quantitative estimate of drug-likeness (QED) is 0.690. The molecular formula is C21H16FN3O4. The molecule has 0 aliphatic carbocycles. The van der Waals surface area contributed by atoms with Crippen LogP contribution in [0.25, 0.3) is 5.69 Å². The van der Waals surface area contributed by atoms with Gasteiger partial charge in [-0.25, -0.2) is 9.07 Å². The third-order valence-electron chi connectivity index (χ3n) is 5.13. The second-order valence-electron chi connectivity index (χ2n) is 6.98. The van der Waals surface area contributed by atoms with Crippen LogP contribution < -0.4 is 14.8 Å². The molecule has 3 aromatic rings. The lowest BCUT2D eigenvalue weighted by Crippen LogP contribution is -2.28. The first-order chi connectivity index (χ1) is 14.0. The summed E-state index contributed by atoms with van der Waals surface area (Å²) in [6.45, 7) is 1.88. The van der Waals surface area contributed by atoms with Crippen molar-refractivity contribution in [3.8, 4) is 17.2 Å². The van der Waals surface area contributed by atoms with Crippen molar-refractivity contribution in [2.24, 2.45) is 0 Å². The first-order valence-corrected chi connectivity index (χ1v) is 9.10. The number of nitrogens with zero attached hydrogens (tertiary/aromatic N) is 2. The first-order valence-electron chi connectivity index (χ1n) is 9.10. The molecule has 3 heterocycles. The molecule has 0 bridgehead atoms. The van der Waals surface area contributed by atoms with Crippen LogP contribution in [-0.2, 0) is 4.79 Å². The zero-order chi connectivity index (χ0) is 20.1. The molecule has 1 N–H and O–H groups in total. The highest BCUT2D eigenvalue weighted by Gasteiger charge is 2.36. The van der Waals surface area contributed by atoms with Crippen LogP contribution in [0.4, 0.5) is 10.2 Å². The minimum absolute atomic E-state index is 0.00988. The fourth-order valence-corrected chi connectivity index (χ4v) is 3.82. The minimum atomic E-state index is -0.693. The van der Waals surface area contributed by atoms with Crippen LogP contribution in [-0.4, -0.2) is 28.3 Å². The summed E-state index contributed by atoms with van der Waals surface area (Å²) in [5, 5.41) is 7.25. The summed E-state index contributed by atoms with van der Waals surface area (Å²) in [7, 11) is 0. The van der Waals surface area contributed by atoms with E-state index in [4.69, 9.17) is 9.47 Å². The number of carbonyl (C=O) groups excluding carboxylic acids is 2. The van der Waals surface area contributed by atoms with E-state index in [9.17, 15) is 14.0 Å². The van der Waals surface area contributed by atoms with Crippen molar-refractivity contribution < 1.29 is 23.5 Å². The highest BCUT2D eigenvalue weighted by Crippen LogP contribution is 2.40. The summed E-state index contributed by atoms with van der Waals surface area (Å²) >= 11 is 0. The van der Waals surface area contributed by atoms with E-state index in [-0.39, 0.29) is 24.9 Å². The number of amides is 1. The van der Waals surface area contributed by atoms with E-state index < -0.39 is 11.7 Å². The molecule has 0 saturated heterocycles. The van der Waals surface area contributed by atoms with Gasteiger partial charge >= 0.3 is 0 Å². The second-order valence-corrected chi connectivity index (χ2v) is 6.98. The Morgan fingerprint density at radius 1 is 1.21 bits per heavy atom. The number of carbonyl (C=O) groups is 2. The van der Waals surface area contributed by atoms with Crippen LogP contribution in [0.5, 0.6) is 11.5 Å². The lowest BCUT2D eigenvalue weighted by atomic mass is 9.85. The maximum absolute atomic E-state index is 13.7. The minimum Gasteiger partial charge on any atom is -0.454 e. The Hall–Kier alpha value is -3.68. The number of ketones is 1. The van der Waals surface area contributed by atoms with Gasteiger partial charge in [0, 0.05) is 17.5 Å². The van der Waals surface area contributed by atoms with Crippen LogP contribution in [0, 0.1) is 12.7 Å². The number of rotatable bonds is 3. The average Bonchev–Trinajstić information content (AvgIpc) is 3.30. The molecule has 0 fully saturated rings. The summed E-state index contributed by atoms with van der Waals surface area (Å²) < 4.78 is 25.8. The van der Waals surface area contributed by atoms with Crippen LogP contribution in [0.15, 0.2) is 42.5 Å². The molecule has 0 saturated carbocycles. The van der Waals surface area contributed by atoms with Gasteiger partial charge in [-0.05, 0) is 43.3 Å². The Bertz CT molecular complexity index is 1170. The standard InChI is InChI=1S/C21H16FN3O4/c1-11-19-15(20(27)12-5-6-16-17(7-12)29-10-28-16)9-18(26)23-21(19)25(24-11)14-4-2-3-13(22)8-14/h2-8,15H,9-10H2,1H3,(H,23,26)/t15-/m0/s1. The number of benzene rings is 2. The molecular weight excluding hydrogens is 377 g/mol. The predicted molar refractivity (Wildman–Crippen MR) is 101 cm³/mol. The molecule has 1 amide bonds. The van der Waals surface area contributed by atoms with Crippen molar-refractivity contribution in [3.63, 3.8) is 0 Å². The number of ether oxygens (including phenoxy) is 2. The third kappa shape index (κ3) is 2.84. The number of aromatic nitrogens is 2. The third-order valence-corrected chi connectivity index (χ3v) is 5.13. The molecule has 7 nitrogen and oxygen atoms in total. The Morgan fingerprint density at radius 3 is 2.86 bits per heavy atom. The van der Waals surface area contributed by atoms with E-state index >= 15 is 0 Å². The van der Waals surface area contributed by atoms with Crippen molar-refractivity contribution in [1.29, 1.82) is 0 Å². The largest absolute Gasteiger partial charge is 0.454 e. The Kier molecular flexibility index (Phi) is 3.87. The van der Waals surface area contributed by atoms with Crippen molar-refractivity contribution in [1.82, 2.24) is 9.78 Å². The number of fused-ring (bicyclic) bond motifs is 2. The normalized spacial score (nSPS) is 17.0. The van der Waals surface area contributed by atoms with Gasteiger partial charge in [0.1, 0.15) is 11.6 Å². The Labute approximate surface area is 165 Å². The van der Waals surface area contributed by atoms with Gasteiger partial charge in [-0.3, -0.25) is 9.59 Å². The van der Waals surface area contributed by atoms with Crippen LogP contribution in [0.3, 0.4) is 0 Å². The Morgan fingerprint density at radius 2 is 2.03 bits per heavy atom. The Balaban J connectivity index is 1.59. The molecule has 1 atom stereocenters. The fourth-order valence-electron chi connectivity index (χ4n) is 3.82. The summed E-state index contributed by atoms with van der Waals surface area (Å²) in [5.41, 5.74) is 2.13. The molecule has 29 heavy (non-hydrogen) atoms. The SMILES string of the molecule is Cc1nn(-c2cccc(F)c2)c2c1[C@@H](C(=O)c1ccc3c(c1)OCO3)CC(=O)N2. The van der Waals surface area contributed by atoms with Crippen LogP contribution in [0.1, 0.15) is 34.0 Å². The molecule has 2 aliphatic heterocycles. The molecule has 0 unspecified atom stereocenters. The highest BCUT2D eigenvalue weighted by molar-refractivity contribution is 6.08. The lowest BCUT2D eigenvalue weighted by molar-refractivity contribution is -0.116. The number of aryl methyl sites for hydroxylation is 1. The van der Waals surface area contributed by atoms with E-state index in [1.807, 2.05) is 0 Å². The molecule has 1 aromatic heterocycles. The summed E-state index contributed by atoms with van der Waals surface area (Å²) in [6, 6.07) is 10.9. The summed E-state index contributed by atoms with van der Waals surface area (Å²) in [4.78, 5) is 25.7. The van der Waals surface area contributed by atoms with Crippen molar-refractivity contribution >= 4 is 17.5 Å². The smallest absolute Gasteiger partial charge is 0.231 e. The highest BCUT2D eigenvalue weighted by atomic mass is 19.1. The molecule has 2 aromatic carbocycles. The lowest BCUT2D eigenvalue weighted by Gasteiger charge is -2.23. The van der Waals surface area contributed by atoms with Gasteiger partial charge in [-0.2, -0.15) is 5.10 Å². The van der Waals surface area contributed by atoms with Crippen molar-refractivity contribution in [3.05, 3.63) is 65.1 Å². The van der Waals surface area contributed by atoms with Gasteiger partial charge in [0.05, 0.1) is 17.3 Å². The number of hydrogen-bond donors (Lipinski definition) is 1. The number of hydrogen-bond acceptors (Lipinski definition) is 5. The van der Waals surface area contributed by atoms with Crippen molar-refractivity contribution in [2.75, 3.05) is 12.1 Å². The first kappa shape index (κ1) is 17.4. The molecule has 8 heteroatoms. The molecule has 5 rings (SSSR count). The molecule has 2 aliphatic rings. The van der Waals surface area contributed by atoms with Gasteiger partial charge in [0.2, 0.25) is 12.7 Å². The van der Waals surface area contributed by atoms with Crippen molar-refractivity contribution in [2.45, 2.75) is 19.3 Å². The van der Waals surface area contributed by atoms with Gasteiger partial charge in [0.15, 0.2) is 17.3 Å². The monoisotopic (exact) mass is 393 g/mol. The second kappa shape index (κ2) is 6.44. The van der Waals surface area contributed by atoms with E-state index in [1.165, 1.54) is 16.8 Å². The van der Waals surface area contributed by atoms with Gasteiger partial charge in [-0.1, -0.05) is 6.07 Å².